The molecule has 1 atom stereocenters. The first kappa shape index (κ1) is 19.6. The molecule has 3 N–H and O–H groups in total. The van der Waals surface area contributed by atoms with Crippen LogP contribution in [-0.2, 0) is 0 Å². The van der Waals surface area contributed by atoms with Gasteiger partial charge in [-0.2, -0.15) is 0 Å². The Balaban J connectivity index is 1.86. The fraction of sp³-hybridized carbons (Fsp3) is 0.0909. The van der Waals surface area contributed by atoms with Crippen molar-refractivity contribution >= 4 is 34.1 Å². The number of carbonyl (C=O) groups is 1. The second-order valence-corrected chi connectivity index (χ2v) is 7.17. The Morgan fingerprint density at radius 2 is 1.93 bits per heavy atom. The molecule has 0 saturated carbocycles. The summed E-state index contributed by atoms with van der Waals surface area (Å²) in [6.45, 7) is 1.79. The fourth-order valence-corrected chi connectivity index (χ4v) is 3.63. The molecule has 0 unspecified atom stereocenters. The van der Waals surface area contributed by atoms with Crippen molar-refractivity contribution in [2.45, 2.75) is 13.0 Å². The number of halogens is 1. The van der Waals surface area contributed by atoms with Gasteiger partial charge in [0.05, 0.1) is 22.0 Å². The van der Waals surface area contributed by atoms with E-state index in [0.717, 1.165) is 0 Å². The van der Waals surface area contributed by atoms with E-state index in [2.05, 4.69) is 15.3 Å². The van der Waals surface area contributed by atoms with E-state index < -0.39 is 11.9 Å². The van der Waals surface area contributed by atoms with Crippen LogP contribution in [0.15, 0.2) is 71.9 Å². The smallest absolute Gasteiger partial charge is 0.264 e. The zero-order valence-corrected chi connectivity index (χ0v) is 16.8. The highest BCUT2D eigenvalue weighted by molar-refractivity contribution is 6.35. The van der Waals surface area contributed by atoms with E-state index in [0.29, 0.717) is 27.2 Å². The molecule has 0 radical (unpaired) electrons. The highest BCUT2D eigenvalue weighted by Crippen LogP contribution is 2.25. The van der Waals surface area contributed by atoms with Gasteiger partial charge in [-0.3, -0.25) is 14.2 Å². The Hall–Kier alpha value is -3.71. The SMILES string of the molecule is C[C@H](NC(=O)c1cncnc1N)c1cc2cccc(Cl)c2c(=O)n1-c1ccccc1. The summed E-state index contributed by atoms with van der Waals surface area (Å²) in [5.41, 5.74) is 6.97. The van der Waals surface area contributed by atoms with Crippen molar-refractivity contribution in [1.82, 2.24) is 19.9 Å². The van der Waals surface area contributed by atoms with Crippen molar-refractivity contribution in [2.24, 2.45) is 0 Å². The third-order valence-electron chi connectivity index (χ3n) is 4.82. The summed E-state index contributed by atoms with van der Waals surface area (Å²) in [5, 5.41) is 4.37. The quantitative estimate of drug-likeness (QED) is 0.527. The summed E-state index contributed by atoms with van der Waals surface area (Å²) in [7, 11) is 0. The molecule has 0 bridgehead atoms. The van der Waals surface area contributed by atoms with Gasteiger partial charge in [0.25, 0.3) is 11.5 Å². The maximum atomic E-state index is 13.4. The number of carbonyl (C=O) groups excluding carboxylic acids is 1. The van der Waals surface area contributed by atoms with E-state index in [1.54, 1.807) is 23.6 Å². The molecule has 0 aliphatic carbocycles. The highest BCUT2D eigenvalue weighted by atomic mass is 35.5. The van der Waals surface area contributed by atoms with Crippen LogP contribution < -0.4 is 16.6 Å². The van der Waals surface area contributed by atoms with Gasteiger partial charge < -0.3 is 11.1 Å². The third-order valence-corrected chi connectivity index (χ3v) is 5.13. The summed E-state index contributed by atoms with van der Waals surface area (Å²) in [6.07, 6.45) is 2.63. The van der Waals surface area contributed by atoms with Gasteiger partial charge in [-0.25, -0.2) is 9.97 Å². The average Bonchev–Trinajstić information content (AvgIpc) is 2.74. The van der Waals surface area contributed by atoms with Crippen LogP contribution in [0.25, 0.3) is 16.5 Å². The number of hydrogen-bond donors (Lipinski definition) is 2. The van der Waals surface area contributed by atoms with Crippen LogP contribution in [0.5, 0.6) is 0 Å². The number of pyridine rings is 1. The number of rotatable bonds is 4. The molecule has 2 aromatic heterocycles. The third kappa shape index (κ3) is 3.51. The number of fused-ring (bicyclic) bond motifs is 1. The van der Waals surface area contributed by atoms with Crippen molar-refractivity contribution in [3.63, 3.8) is 0 Å². The monoisotopic (exact) mass is 419 g/mol. The van der Waals surface area contributed by atoms with E-state index in [9.17, 15) is 9.59 Å². The van der Waals surface area contributed by atoms with E-state index in [1.807, 2.05) is 42.5 Å². The number of aromatic nitrogens is 3. The largest absolute Gasteiger partial charge is 0.383 e. The van der Waals surface area contributed by atoms with Gasteiger partial charge in [0.15, 0.2) is 0 Å². The Bertz CT molecular complexity index is 1300. The number of para-hydroxylation sites is 1. The van der Waals surface area contributed by atoms with Crippen LogP contribution in [0, 0.1) is 0 Å². The van der Waals surface area contributed by atoms with Gasteiger partial charge in [-0.15, -0.1) is 0 Å². The topological polar surface area (TPSA) is 103 Å². The number of nitrogens with one attached hydrogen (secondary N) is 1. The van der Waals surface area contributed by atoms with Gasteiger partial charge in [-0.05, 0) is 36.6 Å². The lowest BCUT2D eigenvalue weighted by Crippen LogP contribution is -2.32. The van der Waals surface area contributed by atoms with Gasteiger partial charge >= 0.3 is 0 Å². The summed E-state index contributed by atoms with van der Waals surface area (Å²) >= 11 is 6.32. The predicted molar refractivity (Wildman–Crippen MR) is 117 cm³/mol. The molecule has 0 aliphatic rings. The Kier molecular flexibility index (Phi) is 5.20. The number of nitrogens with zero attached hydrogens (tertiary/aromatic N) is 3. The molecule has 4 rings (SSSR count). The van der Waals surface area contributed by atoms with Crippen molar-refractivity contribution in [3.05, 3.63) is 93.8 Å². The molecule has 30 heavy (non-hydrogen) atoms. The molecule has 0 fully saturated rings. The molecule has 1 amide bonds. The lowest BCUT2D eigenvalue weighted by molar-refractivity contribution is 0.0939. The van der Waals surface area contributed by atoms with E-state index >= 15 is 0 Å². The molecular weight excluding hydrogens is 402 g/mol. The molecule has 8 heteroatoms. The number of benzene rings is 2. The summed E-state index contributed by atoms with van der Waals surface area (Å²) in [5.74, 6) is -0.348. The number of anilines is 1. The minimum atomic E-state index is -0.520. The molecule has 2 aromatic carbocycles. The standard InChI is InChI=1S/C22H18ClN5O2/c1-13(27-21(29)16-11-25-12-26-20(16)24)18-10-14-6-5-9-17(23)19(14)22(30)28(18)15-7-3-2-4-8-15/h2-13H,1H3,(H,27,29)(H2,24,25,26)/t13-/m0/s1. The van der Waals surface area contributed by atoms with Gasteiger partial charge in [0.2, 0.25) is 0 Å². The highest BCUT2D eigenvalue weighted by Gasteiger charge is 2.20. The first-order valence-corrected chi connectivity index (χ1v) is 9.61. The first-order valence-electron chi connectivity index (χ1n) is 9.23. The molecule has 0 aliphatic heterocycles. The molecule has 0 spiro atoms. The Labute approximate surface area is 177 Å². The predicted octanol–water partition coefficient (Wildman–Crippen LogP) is 3.51. The lowest BCUT2D eigenvalue weighted by Gasteiger charge is -2.21. The number of nitrogen functional groups attached to an aromatic ring is 1. The fourth-order valence-electron chi connectivity index (χ4n) is 3.36. The summed E-state index contributed by atoms with van der Waals surface area (Å²) in [4.78, 5) is 33.8. The zero-order chi connectivity index (χ0) is 21.3. The summed E-state index contributed by atoms with van der Waals surface area (Å²) < 4.78 is 1.56. The van der Waals surface area contributed by atoms with Crippen LogP contribution in [0.1, 0.15) is 29.0 Å². The number of hydrogen-bond acceptors (Lipinski definition) is 5. The van der Waals surface area contributed by atoms with Crippen LogP contribution in [0.2, 0.25) is 5.02 Å². The van der Waals surface area contributed by atoms with Gasteiger partial charge in [0.1, 0.15) is 12.1 Å². The molecule has 2 heterocycles. The minimum Gasteiger partial charge on any atom is -0.383 e. The van der Waals surface area contributed by atoms with E-state index in [4.69, 9.17) is 17.3 Å². The molecular formula is C22H18ClN5O2. The minimum absolute atomic E-state index is 0.0837. The lowest BCUT2D eigenvalue weighted by atomic mass is 10.1. The van der Waals surface area contributed by atoms with Crippen molar-refractivity contribution in [1.29, 1.82) is 0 Å². The van der Waals surface area contributed by atoms with Gasteiger partial charge in [-0.1, -0.05) is 41.9 Å². The van der Waals surface area contributed by atoms with E-state index in [1.165, 1.54) is 12.5 Å². The second-order valence-electron chi connectivity index (χ2n) is 6.77. The first-order chi connectivity index (χ1) is 14.5. The van der Waals surface area contributed by atoms with Crippen LogP contribution in [0.3, 0.4) is 0 Å². The van der Waals surface area contributed by atoms with Crippen molar-refractivity contribution in [2.75, 3.05) is 5.73 Å². The second kappa shape index (κ2) is 7.96. The molecule has 4 aromatic rings. The van der Waals surface area contributed by atoms with Crippen LogP contribution >= 0.6 is 11.6 Å². The maximum absolute atomic E-state index is 13.4. The van der Waals surface area contributed by atoms with Crippen molar-refractivity contribution < 1.29 is 4.79 Å². The molecule has 7 nitrogen and oxygen atoms in total. The van der Waals surface area contributed by atoms with Crippen LogP contribution in [0.4, 0.5) is 5.82 Å². The Morgan fingerprint density at radius 3 is 2.67 bits per heavy atom. The molecule has 0 saturated heterocycles. The van der Waals surface area contributed by atoms with Crippen LogP contribution in [-0.4, -0.2) is 20.4 Å². The average molecular weight is 420 g/mol. The number of nitrogens with two attached hydrogens (primary N) is 1. The summed E-state index contributed by atoms with van der Waals surface area (Å²) in [6, 6.07) is 15.8. The number of amides is 1. The molecule has 150 valence electrons. The maximum Gasteiger partial charge on any atom is 0.264 e. The van der Waals surface area contributed by atoms with E-state index in [-0.39, 0.29) is 16.9 Å². The van der Waals surface area contributed by atoms with Crippen molar-refractivity contribution in [3.8, 4) is 5.69 Å². The Morgan fingerprint density at radius 1 is 1.17 bits per heavy atom. The normalized spacial score (nSPS) is 11.9. The van der Waals surface area contributed by atoms with Gasteiger partial charge in [0, 0.05) is 17.6 Å². The zero-order valence-electron chi connectivity index (χ0n) is 16.0.